The van der Waals surface area contributed by atoms with E-state index in [0.29, 0.717) is 55.6 Å². The molecule has 1 saturated heterocycles. The van der Waals surface area contributed by atoms with Crippen molar-refractivity contribution in [3.8, 4) is 34.7 Å². The average molecular weight is 426 g/mol. The van der Waals surface area contributed by atoms with E-state index in [1.165, 1.54) is 0 Å². The predicted molar refractivity (Wildman–Crippen MR) is 112 cm³/mol. The van der Waals surface area contributed by atoms with Crippen molar-refractivity contribution in [1.82, 2.24) is 20.4 Å². The molecule has 2 heterocycles. The monoisotopic (exact) mass is 426 g/mol. The summed E-state index contributed by atoms with van der Waals surface area (Å²) in [6, 6.07) is 5.35. The first-order chi connectivity index (χ1) is 15.0. The first kappa shape index (κ1) is 22.2. The van der Waals surface area contributed by atoms with Crippen LogP contribution in [0.1, 0.15) is 32.1 Å². The molecule has 1 aliphatic heterocycles. The van der Waals surface area contributed by atoms with Crippen LogP contribution in [0.15, 0.2) is 22.7 Å². The number of aromatic nitrogens is 2. The van der Waals surface area contributed by atoms with Crippen LogP contribution < -0.4 is 14.8 Å². The van der Waals surface area contributed by atoms with Crippen LogP contribution in [0, 0.1) is 11.8 Å². The second-order valence-electron chi connectivity index (χ2n) is 7.11. The summed E-state index contributed by atoms with van der Waals surface area (Å²) >= 11 is 0. The number of hydrogen-bond donors (Lipinski definition) is 1. The van der Waals surface area contributed by atoms with Crippen molar-refractivity contribution in [1.29, 1.82) is 0 Å². The molecule has 0 spiro atoms. The lowest BCUT2D eigenvalue weighted by atomic mass is 10.2. The molecule has 164 valence electrons. The number of amides is 2. The molecule has 2 aromatic rings. The third-order valence-corrected chi connectivity index (χ3v) is 4.98. The molecule has 0 radical (unpaired) electrons. The molecule has 1 fully saturated rings. The molecule has 1 aromatic heterocycles. The van der Waals surface area contributed by atoms with Gasteiger partial charge in [-0.05, 0) is 43.9 Å². The Morgan fingerprint density at radius 1 is 1.29 bits per heavy atom. The van der Waals surface area contributed by atoms with Gasteiger partial charge in [0.1, 0.15) is 0 Å². The summed E-state index contributed by atoms with van der Waals surface area (Å²) in [5.74, 6) is 7.00. The van der Waals surface area contributed by atoms with E-state index in [-0.39, 0.29) is 17.9 Å². The number of nitrogens with zero attached hydrogens (tertiary/aromatic N) is 3. The van der Waals surface area contributed by atoms with Gasteiger partial charge in [-0.1, -0.05) is 11.1 Å². The Labute approximate surface area is 181 Å². The Morgan fingerprint density at radius 3 is 2.84 bits per heavy atom. The molecule has 0 saturated carbocycles. The maximum atomic E-state index is 12.2. The standard InChI is InChI=1S/C22H26N4O5/c1-4-6-21(28)26-12-11-16(14-26)23-19(27)7-5-8-20-24-22(25-31-20)15-9-10-17(29-2)18(13-15)30-3/h9-10,13,16H,5,7-8,11-12,14H2,1-3H3,(H,23,27). The second kappa shape index (κ2) is 10.5. The number of ether oxygens (including phenoxy) is 2. The van der Waals surface area contributed by atoms with Crippen molar-refractivity contribution >= 4 is 11.8 Å². The van der Waals surface area contributed by atoms with Crippen LogP contribution in [0.3, 0.4) is 0 Å². The minimum Gasteiger partial charge on any atom is -0.493 e. The third kappa shape index (κ3) is 5.75. The van der Waals surface area contributed by atoms with Gasteiger partial charge in [-0.3, -0.25) is 9.59 Å². The van der Waals surface area contributed by atoms with Crippen LogP contribution in [0.2, 0.25) is 0 Å². The summed E-state index contributed by atoms with van der Waals surface area (Å²) < 4.78 is 15.8. The normalized spacial score (nSPS) is 15.2. The predicted octanol–water partition coefficient (Wildman–Crippen LogP) is 1.82. The number of benzene rings is 1. The summed E-state index contributed by atoms with van der Waals surface area (Å²) in [7, 11) is 3.14. The zero-order valence-corrected chi connectivity index (χ0v) is 17.9. The first-order valence-electron chi connectivity index (χ1n) is 10.1. The van der Waals surface area contributed by atoms with E-state index < -0.39 is 0 Å². The molecular weight excluding hydrogens is 400 g/mol. The van der Waals surface area contributed by atoms with Crippen LogP contribution in [-0.4, -0.2) is 60.2 Å². The number of rotatable bonds is 8. The molecule has 9 heteroatoms. The number of hydrogen-bond acceptors (Lipinski definition) is 7. The molecule has 9 nitrogen and oxygen atoms in total. The van der Waals surface area contributed by atoms with Gasteiger partial charge in [0.2, 0.25) is 17.6 Å². The van der Waals surface area contributed by atoms with Gasteiger partial charge in [-0.2, -0.15) is 4.98 Å². The highest BCUT2D eigenvalue weighted by Gasteiger charge is 2.26. The fourth-order valence-corrected chi connectivity index (χ4v) is 3.40. The number of methoxy groups -OCH3 is 2. The van der Waals surface area contributed by atoms with Gasteiger partial charge in [-0.15, -0.1) is 0 Å². The van der Waals surface area contributed by atoms with Crippen LogP contribution in [0.5, 0.6) is 11.5 Å². The largest absolute Gasteiger partial charge is 0.493 e. The zero-order chi connectivity index (χ0) is 22.2. The summed E-state index contributed by atoms with van der Waals surface area (Å²) in [5.41, 5.74) is 0.749. The molecule has 1 aliphatic rings. The Balaban J connectivity index is 1.45. The van der Waals surface area contributed by atoms with Gasteiger partial charge in [0.05, 0.1) is 14.2 Å². The van der Waals surface area contributed by atoms with Crippen molar-refractivity contribution < 1.29 is 23.6 Å². The Bertz CT molecular complexity index is 991. The van der Waals surface area contributed by atoms with E-state index in [2.05, 4.69) is 27.3 Å². The van der Waals surface area contributed by atoms with E-state index in [1.807, 2.05) is 6.07 Å². The van der Waals surface area contributed by atoms with E-state index in [4.69, 9.17) is 14.0 Å². The summed E-state index contributed by atoms with van der Waals surface area (Å²) in [6.45, 7) is 2.74. The average Bonchev–Trinajstić information content (AvgIpc) is 3.43. The number of likely N-dealkylation sites (tertiary alicyclic amines) is 1. The molecule has 1 atom stereocenters. The number of carbonyl (C=O) groups excluding carboxylic acids is 2. The molecule has 1 N–H and O–H groups in total. The minimum atomic E-state index is -0.194. The maximum absolute atomic E-state index is 12.2. The van der Waals surface area contributed by atoms with Crippen LogP contribution >= 0.6 is 0 Å². The number of aryl methyl sites for hydroxylation is 1. The van der Waals surface area contributed by atoms with Gasteiger partial charge < -0.3 is 24.2 Å². The SMILES string of the molecule is CC#CC(=O)N1CCC(NC(=O)CCCc2nc(-c3ccc(OC)c(OC)c3)no2)C1. The number of nitrogens with one attached hydrogen (secondary N) is 1. The quantitative estimate of drug-likeness (QED) is 0.642. The van der Waals surface area contributed by atoms with Gasteiger partial charge in [-0.25, -0.2) is 0 Å². The van der Waals surface area contributed by atoms with Crippen LogP contribution in [0.25, 0.3) is 11.4 Å². The highest BCUT2D eigenvalue weighted by Crippen LogP contribution is 2.31. The van der Waals surface area contributed by atoms with E-state index in [1.54, 1.807) is 38.2 Å². The Hall–Kier alpha value is -3.54. The van der Waals surface area contributed by atoms with Gasteiger partial charge in [0, 0.05) is 37.5 Å². The van der Waals surface area contributed by atoms with Gasteiger partial charge in [0.25, 0.3) is 5.91 Å². The molecular formula is C22H26N4O5. The first-order valence-corrected chi connectivity index (χ1v) is 10.1. The van der Waals surface area contributed by atoms with Crippen molar-refractivity contribution in [3.63, 3.8) is 0 Å². The molecule has 0 aliphatic carbocycles. The highest BCUT2D eigenvalue weighted by atomic mass is 16.5. The Morgan fingerprint density at radius 2 is 2.10 bits per heavy atom. The molecule has 1 unspecified atom stereocenters. The van der Waals surface area contributed by atoms with Crippen molar-refractivity contribution in [2.45, 2.75) is 38.6 Å². The second-order valence-corrected chi connectivity index (χ2v) is 7.11. The lowest BCUT2D eigenvalue weighted by Gasteiger charge is -2.14. The lowest BCUT2D eigenvalue weighted by Crippen LogP contribution is -2.38. The third-order valence-electron chi connectivity index (χ3n) is 4.98. The van der Waals surface area contributed by atoms with Crippen molar-refractivity contribution in [2.75, 3.05) is 27.3 Å². The van der Waals surface area contributed by atoms with Crippen LogP contribution in [-0.2, 0) is 16.0 Å². The summed E-state index contributed by atoms with van der Waals surface area (Å²) in [5, 5.41) is 6.98. The van der Waals surface area contributed by atoms with Crippen LogP contribution in [0.4, 0.5) is 0 Å². The molecule has 2 amide bonds. The maximum Gasteiger partial charge on any atom is 0.298 e. The molecule has 1 aromatic carbocycles. The molecule has 0 bridgehead atoms. The summed E-state index contributed by atoms with van der Waals surface area (Å²) in [6.07, 6.45) is 2.15. The number of carbonyl (C=O) groups is 2. The molecule has 3 rings (SSSR count). The van der Waals surface area contributed by atoms with Gasteiger partial charge in [0.15, 0.2) is 11.5 Å². The summed E-state index contributed by atoms with van der Waals surface area (Å²) in [4.78, 5) is 30.1. The van der Waals surface area contributed by atoms with E-state index in [9.17, 15) is 9.59 Å². The van der Waals surface area contributed by atoms with Crippen molar-refractivity contribution in [2.24, 2.45) is 0 Å². The van der Waals surface area contributed by atoms with E-state index in [0.717, 1.165) is 12.0 Å². The van der Waals surface area contributed by atoms with Gasteiger partial charge >= 0.3 is 0 Å². The van der Waals surface area contributed by atoms with Crippen molar-refractivity contribution in [3.05, 3.63) is 24.1 Å². The molecule has 31 heavy (non-hydrogen) atoms. The fourth-order valence-electron chi connectivity index (χ4n) is 3.40. The topological polar surface area (TPSA) is 107 Å². The smallest absolute Gasteiger partial charge is 0.298 e. The zero-order valence-electron chi connectivity index (χ0n) is 17.9. The fraction of sp³-hybridized carbons (Fsp3) is 0.455. The lowest BCUT2D eigenvalue weighted by molar-refractivity contribution is -0.125. The van der Waals surface area contributed by atoms with E-state index >= 15 is 0 Å². The highest BCUT2D eigenvalue weighted by molar-refractivity contribution is 5.93. The Kier molecular flexibility index (Phi) is 7.49. The minimum absolute atomic E-state index is 0.0323.